The maximum atomic E-state index is 13.4. The molecule has 0 radical (unpaired) electrons. The fourth-order valence-electron chi connectivity index (χ4n) is 3.82. The van der Waals surface area contributed by atoms with Crippen LogP contribution in [0.25, 0.3) is 0 Å². The van der Waals surface area contributed by atoms with E-state index in [1.807, 2.05) is 0 Å². The number of benzene rings is 1. The van der Waals surface area contributed by atoms with Crippen molar-refractivity contribution in [2.45, 2.75) is 57.2 Å². The second kappa shape index (κ2) is 8.11. The number of likely N-dealkylation sites (tertiary alicyclic amines) is 1. The van der Waals surface area contributed by atoms with Crippen molar-refractivity contribution in [2.24, 2.45) is 0 Å². The third kappa shape index (κ3) is 4.67. The van der Waals surface area contributed by atoms with Gasteiger partial charge in [-0.1, -0.05) is 6.42 Å². The summed E-state index contributed by atoms with van der Waals surface area (Å²) in [5.41, 5.74) is 0.940. The summed E-state index contributed by atoms with van der Waals surface area (Å²) in [6.07, 6.45) is 8.74. The van der Waals surface area contributed by atoms with Gasteiger partial charge in [-0.05, 0) is 75.4 Å². The molecule has 2 fully saturated rings. The third-order valence-electron chi connectivity index (χ3n) is 5.08. The molecule has 2 aliphatic rings. The molecule has 0 N–H and O–H groups in total. The molecular formula is C19H28FNO2. The number of nitrogens with zero attached hydrogens (tertiary/aromatic N) is 1. The Hall–Kier alpha value is -1.13. The first-order chi connectivity index (χ1) is 11.2. The van der Waals surface area contributed by atoms with E-state index in [0.717, 1.165) is 43.5 Å². The molecule has 1 aromatic rings. The van der Waals surface area contributed by atoms with Gasteiger partial charge < -0.3 is 14.4 Å². The maximum Gasteiger partial charge on any atom is 0.123 e. The number of hydrogen-bond acceptors (Lipinski definition) is 3. The van der Waals surface area contributed by atoms with Gasteiger partial charge >= 0.3 is 0 Å². The zero-order valence-electron chi connectivity index (χ0n) is 14.1. The molecule has 2 unspecified atom stereocenters. The van der Waals surface area contributed by atoms with Crippen LogP contribution in [-0.2, 0) is 11.2 Å². The van der Waals surface area contributed by atoms with Crippen LogP contribution in [0.15, 0.2) is 18.2 Å². The predicted molar refractivity (Wildman–Crippen MR) is 89.5 cm³/mol. The SMILES string of the molecule is COc1ccc(F)cc1CCC1CCC(CN2CCCCC2)O1. The molecule has 23 heavy (non-hydrogen) atoms. The standard InChI is InChI=1S/C19H28FNO2/c1-22-19-10-6-16(20)13-15(19)5-7-17-8-9-18(23-17)14-21-11-3-2-4-12-21/h6,10,13,17-18H,2-5,7-9,11-12,14H2,1H3. The van der Waals surface area contributed by atoms with E-state index in [1.54, 1.807) is 19.2 Å². The fraction of sp³-hybridized carbons (Fsp3) is 0.684. The van der Waals surface area contributed by atoms with Crippen molar-refractivity contribution in [1.82, 2.24) is 4.90 Å². The minimum Gasteiger partial charge on any atom is -0.496 e. The zero-order valence-corrected chi connectivity index (χ0v) is 14.1. The number of piperidine rings is 1. The highest BCUT2D eigenvalue weighted by atomic mass is 19.1. The number of ether oxygens (including phenoxy) is 2. The van der Waals surface area contributed by atoms with E-state index in [4.69, 9.17) is 9.47 Å². The van der Waals surface area contributed by atoms with Crippen molar-refractivity contribution in [3.05, 3.63) is 29.6 Å². The van der Waals surface area contributed by atoms with Gasteiger partial charge in [0.15, 0.2) is 0 Å². The summed E-state index contributed by atoms with van der Waals surface area (Å²) in [6, 6.07) is 4.74. The monoisotopic (exact) mass is 321 g/mol. The molecule has 3 nitrogen and oxygen atoms in total. The molecule has 2 heterocycles. The summed E-state index contributed by atoms with van der Waals surface area (Å²) in [6.45, 7) is 3.54. The van der Waals surface area contributed by atoms with Crippen molar-refractivity contribution in [3.8, 4) is 5.75 Å². The number of rotatable bonds is 6. The van der Waals surface area contributed by atoms with Gasteiger partial charge in [0.2, 0.25) is 0 Å². The van der Waals surface area contributed by atoms with Crippen molar-refractivity contribution < 1.29 is 13.9 Å². The summed E-state index contributed by atoms with van der Waals surface area (Å²) >= 11 is 0. The summed E-state index contributed by atoms with van der Waals surface area (Å²) in [7, 11) is 1.64. The van der Waals surface area contributed by atoms with Crippen molar-refractivity contribution in [2.75, 3.05) is 26.7 Å². The molecule has 0 amide bonds. The molecule has 0 bridgehead atoms. The first kappa shape index (κ1) is 16.7. The van der Waals surface area contributed by atoms with E-state index in [1.165, 1.54) is 38.4 Å². The summed E-state index contributed by atoms with van der Waals surface area (Å²) in [5, 5.41) is 0. The third-order valence-corrected chi connectivity index (χ3v) is 5.08. The quantitative estimate of drug-likeness (QED) is 0.795. The van der Waals surface area contributed by atoms with Crippen LogP contribution in [0.2, 0.25) is 0 Å². The molecule has 1 aromatic carbocycles. The van der Waals surface area contributed by atoms with Gasteiger partial charge in [0, 0.05) is 6.54 Å². The predicted octanol–water partition coefficient (Wildman–Crippen LogP) is 3.80. The molecule has 0 saturated carbocycles. The Kier molecular flexibility index (Phi) is 5.90. The molecule has 4 heteroatoms. The van der Waals surface area contributed by atoms with E-state index in [2.05, 4.69) is 4.90 Å². The lowest BCUT2D eigenvalue weighted by molar-refractivity contribution is 0.0162. The van der Waals surface area contributed by atoms with E-state index in [0.29, 0.717) is 12.2 Å². The van der Waals surface area contributed by atoms with Crippen LogP contribution >= 0.6 is 0 Å². The Balaban J connectivity index is 1.45. The normalized spacial score (nSPS) is 25.7. The van der Waals surface area contributed by atoms with E-state index in [9.17, 15) is 4.39 Å². The number of halogens is 1. The smallest absolute Gasteiger partial charge is 0.123 e. The number of methoxy groups -OCH3 is 1. The van der Waals surface area contributed by atoms with Crippen LogP contribution in [0.3, 0.4) is 0 Å². The number of hydrogen-bond donors (Lipinski definition) is 0. The number of aryl methyl sites for hydroxylation is 1. The van der Waals surface area contributed by atoms with Crippen LogP contribution < -0.4 is 4.74 Å². The van der Waals surface area contributed by atoms with Gasteiger partial charge in [-0.15, -0.1) is 0 Å². The highest BCUT2D eigenvalue weighted by molar-refractivity contribution is 5.34. The molecular weight excluding hydrogens is 293 g/mol. The Morgan fingerprint density at radius 2 is 1.96 bits per heavy atom. The molecule has 128 valence electrons. The molecule has 0 aromatic heterocycles. The summed E-state index contributed by atoms with van der Waals surface area (Å²) < 4.78 is 25.0. The van der Waals surface area contributed by atoms with Gasteiger partial charge in [-0.2, -0.15) is 0 Å². The van der Waals surface area contributed by atoms with Crippen molar-refractivity contribution >= 4 is 0 Å². The van der Waals surface area contributed by atoms with Crippen LogP contribution in [0, 0.1) is 5.82 Å². The molecule has 3 rings (SSSR count). The lowest BCUT2D eigenvalue weighted by atomic mass is 10.0. The topological polar surface area (TPSA) is 21.7 Å². The van der Waals surface area contributed by atoms with Gasteiger partial charge in [0.05, 0.1) is 19.3 Å². The molecule has 2 saturated heterocycles. The first-order valence-corrected chi connectivity index (χ1v) is 8.95. The zero-order chi connectivity index (χ0) is 16.1. The molecule has 2 aliphatic heterocycles. The highest BCUT2D eigenvalue weighted by Crippen LogP contribution is 2.27. The van der Waals surface area contributed by atoms with Crippen LogP contribution in [0.5, 0.6) is 5.75 Å². The minimum absolute atomic E-state index is 0.198. The van der Waals surface area contributed by atoms with Crippen LogP contribution in [0.1, 0.15) is 44.1 Å². The Morgan fingerprint density at radius 3 is 2.74 bits per heavy atom. The summed E-state index contributed by atoms with van der Waals surface area (Å²) in [5.74, 6) is 0.574. The fourth-order valence-corrected chi connectivity index (χ4v) is 3.82. The van der Waals surface area contributed by atoms with Crippen molar-refractivity contribution in [3.63, 3.8) is 0 Å². The van der Waals surface area contributed by atoms with Gasteiger partial charge in [0.25, 0.3) is 0 Å². The van der Waals surface area contributed by atoms with Gasteiger partial charge in [-0.3, -0.25) is 0 Å². The van der Waals surface area contributed by atoms with Crippen LogP contribution in [0.4, 0.5) is 4.39 Å². The van der Waals surface area contributed by atoms with Crippen LogP contribution in [-0.4, -0.2) is 43.9 Å². The molecule has 0 aliphatic carbocycles. The second-order valence-electron chi connectivity index (χ2n) is 6.81. The van der Waals surface area contributed by atoms with E-state index >= 15 is 0 Å². The average molecular weight is 321 g/mol. The van der Waals surface area contributed by atoms with Crippen molar-refractivity contribution in [1.29, 1.82) is 0 Å². The largest absolute Gasteiger partial charge is 0.496 e. The average Bonchev–Trinajstić information content (AvgIpc) is 3.01. The lowest BCUT2D eigenvalue weighted by Gasteiger charge is -2.28. The molecule has 0 spiro atoms. The second-order valence-corrected chi connectivity index (χ2v) is 6.81. The first-order valence-electron chi connectivity index (χ1n) is 8.95. The maximum absolute atomic E-state index is 13.4. The highest BCUT2D eigenvalue weighted by Gasteiger charge is 2.27. The lowest BCUT2D eigenvalue weighted by Crippen LogP contribution is -2.36. The van der Waals surface area contributed by atoms with Gasteiger partial charge in [-0.25, -0.2) is 4.39 Å². The van der Waals surface area contributed by atoms with E-state index in [-0.39, 0.29) is 5.82 Å². The Bertz CT molecular complexity index is 502. The Morgan fingerprint density at radius 1 is 1.17 bits per heavy atom. The molecule has 2 atom stereocenters. The Labute approximate surface area is 138 Å². The minimum atomic E-state index is -0.198. The summed E-state index contributed by atoms with van der Waals surface area (Å²) in [4.78, 5) is 2.55. The van der Waals surface area contributed by atoms with E-state index < -0.39 is 0 Å². The van der Waals surface area contributed by atoms with Gasteiger partial charge in [0.1, 0.15) is 11.6 Å².